The van der Waals surface area contributed by atoms with E-state index in [0.717, 1.165) is 19.3 Å². The van der Waals surface area contributed by atoms with Crippen LogP contribution in [0.4, 0.5) is 0 Å². The van der Waals surface area contributed by atoms with Crippen LogP contribution in [0, 0.1) is 5.92 Å². The Kier molecular flexibility index (Phi) is 3.01. The lowest BCUT2D eigenvalue weighted by Gasteiger charge is -2.13. The zero-order chi connectivity index (χ0) is 12.4. The van der Waals surface area contributed by atoms with E-state index in [-0.39, 0.29) is 18.0 Å². The first-order valence-corrected chi connectivity index (χ1v) is 6.43. The maximum absolute atomic E-state index is 11.4. The number of hydrogen-bond acceptors (Lipinski definition) is 2. The molecule has 0 aromatic heterocycles. The summed E-state index contributed by atoms with van der Waals surface area (Å²) in [7, 11) is 0. The molecule has 1 aromatic carbocycles. The van der Waals surface area contributed by atoms with Gasteiger partial charge in [0.05, 0.1) is 5.92 Å². The Bertz CT molecular complexity index is 499. The monoisotopic (exact) mass is 240 g/mol. The van der Waals surface area contributed by atoms with Crippen LogP contribution in [0.15, 0.2) is 54.1 Å². The van der Waals surface area contributed by atoms with Crippen molar-refractivity contribution in [3.05, 3.63) is 59.7 Å². The number of carbonyl (C=O) groups excluding carboxylic acids is 1. The molecule has 2 heteroatoms. The summed E-state index contributed by atoms with van der Waals surface area (Å²) < 4.78 is 5.26. The highest BCUT2D eigenvalue weighted by Crippen LogP contribution is 2.33. The maximum Gasteiger partial charge on any atom is 0.313 e. The van der Waals surface area contributed by atoms with E-state index in [1.165, 1.54) is 11.1 Å². The molecular formula is C16H16O2. The highest BCUT2D eigenvalue weighted by molar-refractivity contribution is 5.77. The van der Waals surface area contributed by atoms with Crippen LogP contribution in [-0.2, 0) is 16.0 Å². The van der Waals surface area contributed by atoms with Crippen LogP contribution >= 0.6 is 0 Å². The Morgan fingerprint density at radius 3 is 2.89 bits per heavy atom. The quantitative estimate of drug-likeness (QED) is 0.759. The SMILES string of the molecule is O=C1OC2CC(/C=C/Cc3ccccc3)=C[C@@H]1C2. The van der Waals surface area contributed by atoms with Crippen LogP contribution < -0.4 is 0 Å². The highest BCUT2D eigenvalue weighted by atomic mass is 16.6. The Morgan fingerprint density at radius 1 is 1.28 bits per heavy atom. The lowest BCUT2D eigenvalue weighted by Crippen LogP contribution is -2.09. The number of hydrogen-bond donors (Lipinski definition) is 0. The molecule has 0 N–H and O–H groups in total. The van der Waals surface area contributed by atoms with Gasteiger partial charge in [0.2, 0.25) is 0 Å². The molecule has 0 radical (unpaired) electrons. The minimum Gasteiger partial charge on any atom is -0.462 e. The summed E-state index contributed by atoms with van der Waals surface area (Å²) in [5.74, 6) is -0.0495. The Labute approximate surface area is 107 Å². The molecule has 0 saturated carbocycles. The van der Waals surface area contributed by atoms with Gasteiger partial charge in [0.15, 0.2) is 0 Å². The minimum absolute atomic E-state index is 0.000116. The molecule has 1 unspecified atom stereocenters. The molecule has 3 rings (SSSR count). The van der Waals surface area contributed by atoms with E-state index in [1.54, 1.807) is 0 Å². The molecule has 0 amide bonds. The number of carbonyl (C=O) groups is 1. The van der Waals surface area contributed by atoms with Crippen molar-refractivity contribution in [3.8, 4) is 0 Å². The Balaban J connectivity index is 1.64. The number of ether oxygens (including phenoxy) is 1. The smallest absolute Gasteiger partial charge is 0.313 e. The molecular weight excluding hydrogens is 224 g/mol. The highest BCUT2D eigenvalue weighted by Gasteiger charge is 2.36. The van der Waals surface area contributed by atoms with E-state index in [9.17, 15) is 4.79 Å². The van der Waals surface area contributed by atoms with E-state index in [2.05, 4.69) is 42.5 Å². The predicted molar refractivity (Wildman–Crippen MR) is 70.0 cm³/mol. The molecule has 2 bridgehead atoms. The second-order valence-corrected chi connectivity index (χ2v) is 4.94. The first-order valence-electron chi connectivity index (χ1n) is 6.43. The lowest BCUT2D eigenvalue weighted by atomic mass is 9.91. The van der Waals surface area contributed by atoms with Gasteiger partial charge >= 0.3 is 5.97 Å². The van der Waals surface area contributed by atoms with E-state index in [4.69, 9.17) is 4.74 Å². The summed E-state index contributed by atoms with van der Waals surface area (Å²) in [6.45, 7) is 0. The molecule has 18 heavy (non-hydrogen) atoms. The van der Waals surface area contributed by atoms with Crippen LogP contribution in [0.3, 0.4) is 0 Å². The first kappa shape index (κ1) is 11.3. The number of fused-ring (bicyclic) bond motifs is 2. The van der Waals surface area contributed by atoms with E-state index in [1.807, 2.05) is 6.07 Å². The minimum atomic E-state index is -0.0496. The van der Waals surface area contributed by atoms with Crippen molar-refractivity contribution in [2.45, 2.75) is 25.4 Å². The van der Waals surface area contributed by atoms with Crippen molar-refractivity contribution >= 4 is 5.97 Å². The maximum atomic E-state index is 11.4. The predicted octanol–water partition coefficient (Wildman–Crippen LogP) is 3.05. The molecule has 2 aliphatic rings. The topological polar surface area (TPSA) is 26.3 Å². The zero-order valence-corrected chi connectivity index (χ0v) is 10.2. The fourth-order valence-corrected chi connectivity index (χ4v) is 2.61. The summed E-state index contributed by atoms with van der Waals surface area (Å²) in [5.41, 5.74) is 2.54. The molecule has 1 saturated heterocycles. The van der Waals surface area contributed by atoms with Gasteiger partial charge in [0.25, 0.3) is 0 Å². The summed E-state index contributed by atoms with van der Waals surface area (Å²) in [6, 6.07) is 10.4. The molecule has 1 aliphatic heterocycles. The van der Waals surface area contributed by atoms with E-state index < -0.39 is 0 Å². The van der Waals surface area contributed by atoms with Crippen molar-refractivity contribution in [2.75, 3.05) is 0 Å². The largest absolute Gasteiger partial charge is 0.462 e. The van der Waals surface area contributed by atoms with Crippen LogP contribution in [0.1, 0.15) is 18.4 Å². The van der Waals surface area contributed by atoms with Gasteiger partial charge < -0.3 is 4.74 Å². The van der Waals surface area contributed by atoms with Crippen LogP contribution in [0.25, 0.3) is 0 Å². The molecule has 1 fully saturated rings. The molecule has 1 aromatic rings. The average Bonchev–Trinajstić information content (AvgIpc) is 2.64. The van der Waals surface area contributed by atoms with Gasteiger partial charge in [-0.15, -0.1) is 0 Å². The second-order valence-electron chi connectivity index (χ2n) is 4.94. The van der Waals surface area contributed by atoms with Crippen LogP contribution in [-0.4, -0.2) is 12.1 Å². The first-order chi connectivity index (χ1) is 8.81. The summed E-state index contributed by atoms with van der Waals surface area (Å²) >= 11 is 0. The van der Waals surface area contributed by atoms with Crippen LogP contribution in [0.2, 0.25) is 0 Å². The molecule has 92 valence electrons. The van der Waals surface area contributed by atoms with Crippen molar-refractivity contribution in [1.82, 2.24) is 0 Å². The van der Waals surface area contributed by atoms with Crippen molar-refractivity contribution in [2.24, 2.45) is 5.92 Å². The number of benzene rings is 1. The molecule has 1 aliphatic carbocycles. The van der Waals surface area contributed by atoms with E-state index in [0.29, 0.717) is 0 Å². The Hall–Kier alpha value is -1.83. The van der Waals surface area contributed by atoms with Crippen molar-refractivity contribution in [1.29, 1.82) is 0 Å². The zero-order valence-electron chi connectivity index (χ0n) is 10.2. The second kappa shape index (κ2) is 4.81. The number of rotatable bonds is 3. The molecule has 0 spiro atoms. The van der Waals surface area contributed by atoms with Gasteiger partial charge in [-0.25, -0.2) is 0 Å². The average molecular weight is 240 g/mol. The fourth-order valence-electron chi connectivity index (χ4n) is 2.61. The van der Waals surface area contributed by atoms with Gasteiger partial charge in [-0.3, -0.25) is 4.79 Å². The third-order valence-corrected chi connectivity index (χ3v) is 3.51. The van der Waals surface area contributed by atoms with Crippen LogP contribution in [0.5, 0.6) is 0 Å². The third kappa shape index (κ3) is 2.37. The summed E-state index contributed by atoms with van der Waals surface area (Å²) in [4.78, 5) is 11.4. The van der Waals surface area contributed by atoms with Crippen molar-refractivity contribution in [3.63, 3.8) is 0 Å². The van der Waals surface area contributed by atoms with Gasteiger partial charge in [-0.2, -0.15) is 0 Å². The van der Waals surface area contributed by atoms with Gasteiger partial charge in [0.1, 0.15) is 6.10 Å². The third-order valence-electron chi connectivity index (χ3n) is 3.51. The van der Waals surface area contributed by atoms with Gasteiger partial charge in [-0.05, 0) is 17.6 Å². The van der Waals surface area contributed by atoms with Gasteiger partial charge in [0, 0.05) is 12.8 Å². The van der Waals surface area contributed by atoms with E-state index >= 15 is 0 Å². The van der Waals surface area contributed by atoms with Crippen molar-refractivity contribution < 1.29 is 9.53 Å². The normalized spacial score (nSPS) is 26.2. The summed E-state index contributed by atoms with van der Waals surface area (Å²) in [6.07, 6.45) is 9.15. The lowest BCUT2D eigenvalue weighted by molar-refractivity contribution is -0.142. The molecule has 1 heterocycles. The fraction of sp³-hybridized carbons (Fsp3) is 0.312. The summed E-state index contributed by atoms with van der Waals surface area (Å²) in [5, 5.41) is 0. The Morgan fingerprint density at radius 2 is 2.11 bits per heavy atom. The number of esters is 1. The van der Waals surface area contributed by atoms with Gasteiger partial charge in [-0.1, -0.05) is 48.6 Å². The molecule has 2 atom stereocenters. The number of allylic oxidation sites excluding steroid dienone is 2. The molecule has 2 nitrogen and oxygen atoms in total. The standard InChI is InChI=1S/C16H16O2/c17-16-14-9-13(10-15(11-14)18-16)8-4-7-12-5-2-1-3-6-12/h1-6,8-9,14-15H,7,10-11H2/b8-4+/t14-,15?/m1/s1.